The summed E-state index contributed by atoms with van der Waals surface area (Å²) in [5, 5.41) is 5.73. The van der Waals surface area contributed by atoms with Crippen LogP contribution in [0.15, 0.2) is 42.5 Å². The van der Waals surface area contributed by atoms with E-state index in [0.29, 0.717) is 43.7 Å². The first-order valence-corrected chi connectivity index (χ1v) is 9.81. The average Bonchev–Trinajstić information content (AvgIpc) is 3.20. The molecule has 2 aliphatic rings. The number of benzene rings is 2. The van der Waals surface area contributed by atoms with Crippen molar-refractivity contribution in [2.75, 3.05) is 12.1 Å². The summed E-state index contributed by atoms with van der Waals surface area (Å²) in [6, 6.07) is 11.5. The van der Waals surface area contributed by atoms with Crippen molar-refractivity contribution in [1.29, 1.82) is 0 Å². The first kappa shape index (κ1) is 19.2. The topological polar surface area (TPSA) is 76.7 Å². The molecule has 2 aromatic rings. The Morgan fingerprint density at radius 2 is 1.66 bits per heavy atom. The summed E-state index contributed by atoms with van der Waals surface area (Å²) in [5.41, 5.74) is 1.41. The van der Waals surface area contributed by atoms with E-state index in [4.69, 9.17) is 9.47 Å². The molecule has 2 N–H and O–H groups in total. The van der Waals surface area contributed by atoms with E-state index < -0.39 is 0 Å². The van der Waals surface area contributed by atoms with Crippen LogP contribution in [0, 0.1) is 17.7 Å². The number of rotatable bonds is 5. The van der Waals surface area contributed by atoms with Gasteiger partial charge in [-0.25, -0.2) is 4.39 Å². The van der Waals surface area contributed by atoms with Gasteiger partial charge in [0.2, 0.25) is 18.6 Å². The van der Waals surface area contributed by atoms with E-state index in [1.807, 2.05) is 18.2 Å². The average molecular weight is 398 g/mol. The SMILES string of the molecule is O=C(NCc1ccc2c(c1)OCO2)C1CCC(C(=O)Nc2cccc(F)c2)CC1. The predicted molar refractivity (Wildman–Crippen MR) is 105 cm³/mol. The van der Waals surface area contributed by atoms with Crippen molar-refractivity contribution < 1.29 is 23.5 Å². The van der Waals surface area contributed by atoms with Crippen LogP contribution < -0.4 is 20.1 Å². The summed E-state index contributed by atoms with van der Waals surface area (Å²) in [4.78, 5) is 24.9. The maximum Gasteiger partial charge on any atom is 0.231 e. The highest BCUT2D eigenvalue weighted by atomic mass is 19.1. The van der Waals surface area contributed by atoms with Gasteiger partial charge >= 0.3 is 0 Å². The van der Waals surface area contributed by atoms with Crippen molar-refractivity contribution in [3.05, 3.63) is 53.8 Å². The van der Waals surface area contributed by atoms with E-state index >= 15 is 0 Å². The van der Waals surface area contributed by atoms with E-state index in [0.717, 1.165) is 11.3 Å². The smallest absolute Gasteiger partial charge is 0.231 e. The molecule has 0 radical (unpaired) electrons. The van der Waals surface area contributed by atoms with Crippen LogP contribution in [0.2, 0.25) is 0 Å². The number of amides is 2. The molecule has 0 unspecified atom stereocenters. The Hall–Kier alpha value is -3.09. The van der Waals surface area contributed by atoms with Gasteiger partial charge in [-0.05, 0) is 61.6 Å². The molecule has 2 amide bonds. The molecule has 2 aromatic carbocycles. The van der Waals surface area contributed by atoms with E-state index in [2.05, 4.69) is 10.6 Å². The molecule has 1 heterocycles. The zero-order valence-electron chi connectivity index (χ0n) is 15.9. The van der Waals surface area contributed by atoms with Gasteiger partial charge < -0.3 is 20.1 Å². The van der Waals surface area contributed by atoms with Crippen LogP contribution in [0.25, 0.3) is 0 Å². The number of halogens is 1. The number of carbonyl (C=O) groups is 2. The Morgan fingerprint density at radius 3 is 2.41 bits per heavy atom. The maximum atomic E-state index is 13.3. The zero-order valence-corrected chi connectivity index (χ0v) is 15.9. The van der Waals surface area contributed by atoms with E-state index in [1.165, 1.54) is 12.1 Å². The molecule has 1 aliphatic heterocycles. The highest BCUT2D eigenvalue weighted by Crippen LogP contribution is 2.33. The lowest BCUT2D eigenvalue weighted by atomic mass is 9.81. The van der Waals surface area contributed by atoms with Gasteiger partial charge in [0.15, 0.2) is 11.5 Å². The second-order valence-electron chi connectivity index (χ2n) is 7.45. The third-order valence-electron chi connectivity index (χ3n) is 5.46. The van der Waals surface area contributed by atoms with Crippen LogP contribution in [0.5, 0.6) is 11.5 Å². The molecule has 1 aliphatic carbocycles. The molecule has 0 aromatic heterocycles. The molecule has 6 nitrogen and oxygen atoms in total. The van der Waals surface area contributed by atoms with Crippen molar-refractivity contribution in [2.24, 2.45) is 11.8 Å². The summed E-state index contributed by atoms with van der Waals surface area (Å²) in [5.74, 6) is 0.669. The van der Waals surface area contributed by atoms with Gasteiger partial charge in [0, 0.05) is 24.1 Å². The van der Waals surface area contributed by atoms with Crippen molar-refractivity contribution >= 4 is 17.5 Å². The van der Waals surface area contributed by atoms with E-state index in [1.54, 1.807) is 12.1 Å². The fourth-order valence-electron chi connectivity index (χ4n) is 3.81. The molecule has 7 heteroatoms. The van der Waals surface area contributed by atoms with Crippen molar-refractivity contribution in [3.63, 3.8) is 0 Å². The Bertz CT molecular complexity index is 909. The quantitative estimate of drug-likeness (QED) is 0.807. The Morgan fingerprint density at radius 1 is 0.931 bits per heavy atom. The van der Waals surface area contributed by atoms with Crippen LogP contribution >= 0.6 is 0 Å². The highest BCUT2D eigenvalue weighted by Gasteiger charge is 2.30. The predicted octanol–water partition coefficient (Wildman–Crippen LogP) is 3.62. The fourth-order valence-corrected chi connectivity index (χ4v) is 3.81. The Labute approximate surface area is 168 Å². The number of nitrogens with one attached hydrogen (secondary N) is 2. The van der Waals surface area contributed by atoms with Gasteiger partial charge in [-0.15, -0.1) is 0 Å². The molecule has 0 bridgehead atoms. The van der Waals surface area contributed by atoms with Crippen molar-refractivity contribution in [1.82, 2.24) is 5.32 Å². The molecule has 152 valence electrons. The summed E-state index contributed by atoms with van der Waals surface area (Å²) in [7, 11) is 0. The molecule has 29 heavy (non-hydrogen) atoms. The summed E-state index contributed by atoms with van der Waals surface area (Å²) in [6.45, 7) is 0.649. The van der Waals surface area contributed by atoms with Gasteiger partial charge in [0.1, 0.15) is 5.82 Å². The van der Waals surface area contributed by atoms with Crippen LogP contribution in [0.3, 0.4) is 0 Å². The number of hydrogen-bond donors (Lipinski definition) is 2. The van der Waals surface area contributed by atoms with E-state index in [-0.39, 0.29) is 36.3 Å². The van der Waals surface area contributed by atoms with Gasteiger partial charge in [-0.3, -0.25) is 9.59 Å². The number of hydrogen-bond acceptors (Lipinski definition) is 4. The monoisotopic (exact) mass is 398 g/mol. The molecule has 1 saturated carbocycles. The number of anilines is 1. The third kappa shape index (κ3) is 4.67. The Kier molecular flexibility index (Phi) is 5.64. The van der Waals surface area contributed by atoms with Crippen molar-refractivity contribution in [3.8, 4) is 11.5 Å². The third-order valence-corrected chi connectivity index (χ3v) is 5.46. The molecule has 0 saturated heterocycles. The molecule has 1 fully saturated rings. The minimum Gasteiger partial charge on any atom is -0.454 e. The van der Waals surface area contributed by atoms with Crippen LogP contribution in [0.1, 0.15) is 31.2 Å². The van der Waals surface area contributed by atoms with Gasteiger partial charge in [0.05, 0.1) is 0 Å². The zero-order chi connectivity index (χ0) is 20.2. The number of ether oxygens (including phenoxy) is 2. The minimum atomic E-state index is -0.384. The second-order valence-corrected chi connectivity index (χ2v) is 7.45. The lowest BCUT2D eigenvalue weighted by molar-refractivity contribution is -0.128. The first-order chi connectivity index (χ1) is 14.1. The number of fused-ring (bicyclic) bond motifs is 1. The largest absolute Gasteiger partial charge is 0.454 e. The van der Waals surface area contributed by atoms with Crippen molar-refractivity contribution in [2.45, 2.75) is 32.2 Å². The van der Waals surface area contributed by atoms with Crippen LogP contribution in [0.4, 0.5) is 10.1 Å². The van der Waals surface area contributed by atoms with Crippen LogP contribution in [-0.4, -0.2) is 18.6 Å². The van der Waals surface area contributed by atoms with Gasteiger partial charge in [-0.1, -0.05) is 12.1 Å². The highest BCUT2D eigenvalue weighted by molar-refractivity contribution is 5.92. The summed E-state index contributed by atoms with van der Waals surface area (Å²) < 4.78 is 23.9. The summed E-state index contributed by atoms with van der Waals surface area (Å²) >= 11 is 0. The van der Waals surface area contributed by atoms with Gasteiger partial charge in [0.25, 0.3) is 0 Å². The maximum absolute atomic E-state index is 13.3. The van der Waals surface area contributed by atoms with Gasteiger partial charge in [-0.2, -0.15) is 0 Å². The molecule has 4 rings (SSSR count). The standard InChI is InChI=1S/C22H23FN2O4/c23-17-2-1-3-18(11-17)25-22(27)16-7-5-15(6-8-16)21(26)24-12-14-4-9-19-20(10-14)29-13-28-19/h1-4,9-11,15-16H,5-8,12-13H2,(H,24,26)(H,25,27). The fraction of sp³-hybridized carbons (Fsp3) is 0.364. The molecule has 0 spiro atoms. The molecular formula is C22H23FN2O4. The molecular weight excluding hydrogens is 375 g/mol. The minimum absolute atomic E-state index is 0.00616. The lowest BCUT2D eigenvalue weighted by Crippen LogP contribution is -2.35. The van der Waals surface area contributed by atoms with E-state index in [9.17, 15) is 14.0 Å². The Balaban J connectivity index is 1.23. The number of carbonyl (C=O) groups excluding carboxylic acids is 2. The lowest BCUT2D eigenvalue weighted by Gasteiger charge is -2.27. The normalized spacial score (nSPS) is 20.2. The second kappa shape index (κ2) is 8.51. The molecule has 0 atom stereocenters. The summed E-state index contributed by atoms with van der Waals surface area (Å²) in [6.07, 6.45) is 2.61. The first-order valence-electron chi connectivity index (χ1n) is 9.81. The van der Waals surface area contributed by atoms with Crippen LogP contribution in [-0.2, 0) is 16.1 Å².